The van der Waals surface area contributed by atoms with Gasteiger partial charge in [0.15, 0.2) is 0 Å². The molecular weight excluding hydrogens is 338 g/mol. The molecule has 0 aromatic rings. The Kier molecular flexibility index (Phi) is 19.6. The highest BCUT2D eigenvalue weighted by Gasteiger charge is 2.05. The first-order chi connectivity index (χ1) is 11.7. The first-order valence-electron chi connectivity index (χ1n) is 9.85. The summed E-state index contributed by atoms with van der Waals surface area (Å²) in [5, 5.41) is 0. The van der Waals surface area contributed by atoms with Gasteiger partial charge in [0.1, 0.15) is 4.32 Å². The lowest BCUT2D eigenvalue weighted by molar-refractivity contribution is 0.0431. The van der Waals surface area contributed by atoms with E-state index >= 15 is 0 Å². The van der Waals surface area contributed by atoms with Gasteiger partial charge in [-0.05, 0) is 12.8 Å². The lowest BCUT2D eigenvalue weighted by atomic mass is 10.1. The van der Waals surface area contributed by atoms with E-state index in [4.69, 9.17) is 21.7 Å². The maximum absolute atomic E-state index is 5.62. The Labute approximate surface area is 161 Å². The van der Waals surface area contributed by atoms with Gasteiger partial charge in [-0.25, -0.2) is 0 Å². The van der Waals surface area contributed by atoms with Gasteiger partial charge in [-0.15, -0.1) is 12.6 Å². The van der Waals surface area contributed by atoms with Crippen molar-refractivity contribution in [2.75, 3.05) is 39.5 Å². The summed E-state index contributed by atoms with van der Waals surface area (Å²) in [7, 11) is 0. The average Bonchev–Trinajstić information content (AvgIpc) is 2.57. The molecule has 0 saturated heterocycles. The van der Waals surface area contributed by atoms with Crippen LogP contribution in [0.15, 0.2) is 0 Å². The molecule has 0 aromatic carbocycles. The third-order valence-electron chi connectivity index (χ3n) is 4.07. The zero-order valence-corrected chi connectivity index (χ0v) is 17.6. The van der Waals surface area contributed by atoms with Gasteiger partial charge in [0, 0.05) is 19.7 Å². The molecule has 0 atom stereocenters. The van der Waals surface area contributed by atoms with Crippen molar-refractivity contribution in [2.24, 2.45) is 0 Å². The van der Waals surface area contributed by atoms with Gasteiger partial charge < -0.3 is 14.4 Å². The molecule has 0 spiro atoms. The smallest absolute Gasteiger partial charge is 0.133 e. The van der Waals surface area contributed by atoms with Crippen LogP contribution in [0.25, 0.3) is 0 Å². The van der Waals surface area contributed by atoms with Gasteiger partial charge >= 0.3 is 0 Å². The molecule has 0 aliphatic carbocycles. The molecule has 144 valence electrons. The van der Waals surface area contributed by atoms with Crippen LogP contribution in [0, 0.1) is 0 Å². The molecule has 3 nitrogen and oxygen atoms in total. The first-order valence-corrected chi connectivity index (χ1v) is 10.7. The Morgan fingerprint density at radius 3 is 1.83 bits per heavy atom. The molecule has 0 unspecified atom stereocenters. The summed E-state index contributed by atoms with van der Waals surface area (Å²) in [5.41, 5.74) is 0. The quantitative estimate of drug-likeness (QED) is 0.194. The molecule has 0 amide bonds. The fourth-order valence-electron chi connectivity index (χ4n) is 2.48. The summed E-state index contributed by atoms with van der Waals surface area (Å²) in [6, 6.07) is 0. The second-order valence-corrected chi connectivity index (χ2v) is 7.44. The van der Waals surface area contributed by atoms with Gasteiger partial charge in [0.2, 0.25) is 0 Å². The highest BCUT2D eigenvalue weighted by Crippen LogP contribution is 2.09. The largest absolute Gasteiger partial charge is 0.379 e. The molecule has 0 saturated carbocycles. The fraction of sp³-hybridized carbons (Fsp3) is 0.947. The summed E-state index contributed by atoms with van der Waals surface area (Å²) in [5.74, 6) is 0. The molecule has 0 bridgehead atoms. The van der Waals surface area contributed by atoms with E-state index < -0.39 is 0 Å². The lowest BCUT2D eigenvalue weighted by Crippen LogP contribution is -2.31. The normalized spacial score (nSPS) is 11.0. The van der Waals surface area contributed by atoms with E-state index in [1.165, 1.54) is 57.8 Å². The fourth-order valence-corrected chi connectivity index (χ4v) is 2.87. The van der Waals surface area contributed by atoms with Crippen LogP contribution in [0.5, 0.6) is 0 Å². The summed E-state index contributed by atoms with van der Waals surface area (Å²) in [6.07, 6.45) is 13.0. The second-order valence-electron chi connectivity index (χ2n) is 6.32. The minimum atomic E-state index is 0.661. The highest BCUT2D eigenvalue weighted by molar-refractivity contribution is 8.10. The van der Waals surface area contributed by atoms with Crippen molar-refractivity contribution in [3.05, 3.63) is 0 Å². The van der Waals surface area contributed by atoms with Crippen LogP contribution in [-0.2, 0) is 9.47 Å². The van der Waals surface area contributed by atoms with Crippen molar-refractivity contribution in [1.82, 2.24) is 4.90 Å². The van der Waals surface area contributed by atoms with Gasteiger partial charge in [-0.3, -0.25) is 0 Å². The lowest BCUT2D eigenvalue weighted by Gasteiger charge is -2.22. The van der Waals surface area contributed by atoms with E-state index in [2.05, 4.69) is 31.4 Å². The Bertz CT molecular complexity index is 258. The number of unbranched alkanes of at least 4 members (excludes halogenated alkanes) is 8. The van der Waals surface area contributed by atoms with E-state index in [1.54, 1.807) is 0 Å². The van der Waals surface area contributed by atoms with Crippen LogP contribution in [0.2, 0.25) is 0 Å². The van der Waals surface area contributed by atoms with E-state index in [9.17, 15) is 0 Å². The van der Waals surface area contributed by atoms with Crippen molar-refractivity contribution >= 4 is 29.2 Å². The van der Waals surface area contributed by atoms with Crippen LogP contribution < -0.4 is 0 Å². The van der Waals surface area contributed by atoms with Gasteiger partial charge in [0.05, 0.1) is 19.8 Å². The van der Waals surface area contributed by atoms with Crippen molar-refractivity contribution < 1.29 is 9.47 Å². The number of hydrogen-bond donors (Lipinski definition) is 1. The van der Waals surface area contributed by atoms with Crippen LogP contribution in [0.1, 0.15) is 78.1 Å². The number of nitrogens with zero attached hydrogens (tertiary/aromatic N) is 1. The van der Waals surface area contributed by atoms with Crippen molar-refractivity contribution in [3.8, 4) is 0 Å². The molecule has 0 N–H and O–H groups in total. The first kappa shape index (κ1) is 24.2. The molecular formula is C19H39NO2S2. The molecule has 0 radical (unpaired) electrons. The second kappa shape index (κ2) is 19.5. The third-order valence-corrected chi connectivity index (χ3v) is 4.61. The maximum atomic E-state index is 5.62. The predicted molar refractivity (Wildman–Crippen MR) is 112 cm³/mol. The number of thiocarbonyl (C=S) groups is 1. The zero-order valence-electron chi connectivity index (χ0n) is 15.9. The molecule has 0 aliphatic rings. The summed E-state index contributed by atoms with van der Waals surface area (Å²) in [6.45, 7) is 9.12. The number of rotatable bonds is 18. The van der Waals surface area contributed by atoms with E-state index in [-0.39, 0.29) is 0 Å². The van der Waals surface area contributed by atoms with Gasteiger partial charge in [-0.1, -0.05) is 77.4 Å². The SMILES string of the molecule is CCCCCCCCCCN(CCOCCOCCCC)C(=S)S. The monoisotopic (exact) mass is 377 g/mol. The molecule has 0 rings (SSSR count). The molecule has 0 aliphatic heterocycles. The highest BCUT2D eigenvalue weighted by atomic mass is 32.1. The van der Waals surface area contributed by atoms with Gasteiger partial charge in [0.25, 0.3) is 0 Å². The Morgan fingerprint density at radius 2 is 1.25 bits per heavy atom. The topological polar surface area (TPSA) is 21.7 Å². The van der Waals surface area contributed by atoms with E-state index in [0.717, 1.165) is 26.1 Å². The predicted octanol–water partition coefficient (Wildman–Crippen LogP) is 5.48. The van der Waals surface area contributed by atoms with Gasteiger partial charge in [-0.2, -0.15) is 0 Å². The summed E-state index contributed by atoms with van der Waals surface area (Å²) in [4.78, 5) is 2.15. The van der Waals surface area contributed by atoms with Crippen molar-refractivity contribution in [1.29, 1.82) is 0 Å². The van der Waals surface area contributed by atoms with Crippen LogP contribution >= 0.6 is 24.8 Å². The summed E-state index contributed by atoms with van der Waals surface area (Å²) >= 11 is 9.56. The zero-order chi connectivity index (χ0) is 17.9. The maximum Gasteiger partial charge on any atom is 0.133 e. The molecule has 24 heavy (non-hydrogen) atoms. The average molecular weight is 378 g/mol. The Morgan fingerprint density at radius 1 is 0.708 bits per heavy atom. The molecule has 5 heteroatoms. The van der Waals surface area contributed by atoms with Crippen LogP contribution in [-0.4, -0.2) is 48.7 Å². The number of ether oxygens (including phenoxy) is 2. The Hall–Kier alpha value is 0.160. The minimum Gasteiger partial charge on any atom is -0.379 e. The number of hydrogen-bond acceptors (Lipinski definition) is 3. The third kappa shape index (κ3) is 17.0. The Balaban J connectivity index is 3.49. The molecule has 0 aromatic heterocycles. The summed E-state index contributed by atoms with van der Waals surface area (Å²) < 4.78 is 11.8. The molecule has 0 fully saturated rings. The van der Waals surface area contributed by atoms with Crippen LogP contribution in [0.4, 0.5) is 0 Å². The van der Waals surface area contributed by atoms with E-state index in [1.807, 2.05) is 0 Å². The van der Waals surface area contributed by atoms with E-state index in [0.29, 0.717) is 24.1 Å². The standard InChI is InChI=1S/C19H39NO2S2/c1-3-5-7-8-9-10-11-12-13-20(19(23)24)14-16-22-18-17-21-15-6-4-2/h3-18H2,1-2H3,(H,23,24). The molecule has 0 heterocycles. The number of thiol groups is 1. The minimum absolute atomic E-state index is 0.661. The van der Waals surface area contributed by atoms with Crippen molar-refractivity contribution in [2.45, 2.75) is 78.1 Å². The van der Waals surface area contributed by atoms with Crippen LogP contribution in [0.3, 0.4) is 0 Å². The van der Waals surface area contributed by atoms with Crippen molar-refractivity contribution in [3.63, 3.8) is 0 Å².